The summed E-state index contributed by atoms with van der Waals surface area (Å²) in [4.78, 5) is 31.9. The molecule has 4 aromatic rings. The number of rotatable bonds is 7. The van der Waals surface area contributed by atoms with Gasteiger partial charge in [-0.1, -0.05) is 23.4 Å². The highest BCUT2D eigenvalue weighted by Crippen LogP contribution is 2.22. The van der Waals surface area contributed by atoms with E-state index >= 15 is 0 Å². The number of nitrogens with zero attached hydrogens (tertiary/aromatic N) is 2. The number of H-pyrrole nitrogens is 1. The van der Waals surface area contributed by atoms with Crippen molar-refractivity contribution >= 4 is 22.7 Å². The lowest BCUT2D eigenvalue weighted by atomic mass is 10.1. The number of aromatic amines is 1. The van der Waals surface area contributed by atoms with Gasteiger partial charge in [-0.25, -0.2) is 4.39 Å². The number of fused-ring (bicyclic) bond motifs is 1. The summed E-state index contributed by atoms with van der Waals surface area (Å²) in [5.74, 6) is -0.604. The molecule has 0 fully saturated rings. The number of halogens is 1. The Hall–Kier alpha value is -3.81. The van der Waals surface area contributed by atoms with Crippen molar-refractivity contribution in [3.8, 4) is 11.4 Å². The van der Waals surface area contributed by atoms with Gasteiger partial charge in [-0.2, -0.15) is 4.98 Å². The molecule has 0 aliphatic carbocycles. The number of ketones is 1. The lowest BCUT2D eigenvalue weighted by Crippen LogP contribution is -2.15. The van der Waals surface area contributed by atoms with Crippen molar-refractivity contribution in [3.63, 3.8) is 0 Å². The molecule has 0 bridgehead atoms. The number of esters is 1. The topological polar surface area (TPSA) is 98.1 Å². The summed E-state index contributed by atoms with van der Waals surface area (Å²) < 4.78 is 23.2. The van der Waals surface area contributed by atoms with Crippen LogP contribution in [0, 0.1) is 12.7 Å². The van der Waals surface area contributed by atoms with Crippen LogP contribution in [0.15, 0.2) is 53.1 Å². The number of benzene rings is 2. The molecule has 30 heavy (non-hydrogen) atoms. The summed E-state index contributed by atoms with van der Waals surface area (Å²) in [7, 11) is 0. The van der Waals surface area contributed by atoms with Crippen LogP contribution in [0.3, 0.4) is 0 Å². The highest BCUT2D eigenvalue weighted by Gasteiger charge is 2.18. The van der Waals surface area contributed by atoms with Crippen LogP contribution in [0.4, 0.5) is 4.39 Å². The molecular weight excluding hydrogens is 389 g/mol. The molecule has 8 heteroatoms. The molecular formula is C22H18FN3O4. The lowest BCUT2D eigenvalue weighted by Gasteiger charge is -2.04. The molecule has 152 valence electrons. The van der Waals surface area contributed by atoms with Crippen molar-refractivity contribution in [2.45, 2.75) is 19.8 Å². The number of carbonyl (C=O) groups is 2. The number of aromatic nitrogens is 3. The fourth-order valence-electron chi connectivity index (χ4n) is 3.21. The maximum Gasteiger partial charge on any atom is 0.306 e. The number of hydrogen-bond donors (Lipinski definition) is 1. The van der Waals surface area contributed by atoms with Crippen LogP contribution in [0.2, 0.25) is 0 Å². The summed E-state index contributed by atoms with van der Waals surface area (Å²) in [5.41, 5.74) is 2.72. The van der Waals surface area contributed by atoms with Gasteiger partial charge in [0.05, 0.1) is 6.42 Å². The van der Waals surface area contributed by atoms with E-state index in [1.165, 1.54) is 24.3 Å². The van der Waals surface area contributed by atoms with E-state index in [1.807, 2.05) is 31.2 Å². The van der Waals surface area contributed by atoms with Crippen LogP contribution < -0.4 is 0 Å². The van der Waals surface area contributed by atoms with Gasteiger partial charge in [-0.15, -0.1) is 0 Å². The molecule has 0 radical (unpaired) electrons. The molecule has 4 rings (SSSR count). The van der Waals surface area contributed by atoms with E-state index in [4.69, 9.17) is 9.26 Å². The Kier molecular flexibility index (Phi) is 5.38. The molecule has 1 N–H and O–H groups in total. The molecule has 2 aromatic carbocycles. The van der Waals surface area contributed by atoms with E-state index in [1.54, 1.807) is 0 Å². The van der Waals surface area contributed by atoms with Crippen molar-refractivity contribution in [1.29, 1.82) is 0 Å². The molecule has 0 aliphatic heterocycles. The van der Waals surface area contributed by atoms with Gasteiger partial charge in [0.1, 0.15) is 5.82 Å². The first-order valence-corrected chi connectivity index (χ1v) is 9.36. The molecule has 0 saturated carbocycles. The molecule has 2 heterocycles. The molecule has 0 aliphatic rings. The quantitative estimate of drug-likeness (QED) is 0.367. The summed E-state index contributed by atoms with van der Waals surface area (Å²) in [6.07, 6.45) is 0.165. The fraction of sp³-hybridized carbons (Fsp3) is 0.182. The van der Waals surface area contributed by atoms with Crippen molar-refractivity contribution in [2.75, 3.05) is 6.61 Å². The van der Waals surface area contributed by atoms with Crippen LogP contribution in [0.25, 0.3) is 22.3 Å². The van der Waals surface area contributed by atoms with Gasteiger partial charge in [-0.3, -0.25) is 9.59 Å². The number of carbonyl (C=O) groups excluding carboxylic acids is 2. The van der Waals surface area contributed by atoms with Gasteiger partial charge in [0.25, 0.3) is 0 Å². The predicted molar refractivity (Wildman–Crippen MR) is 106 cm³/mol. The molecule has 0 unspecified atom stereocenters. The van der Waals surface area contributed by atoms with E-state index in [-0.39, 0.29) is 36.9 Å². The highest BCUT2D eigenvalue weighted by atomic mass is 19.1. The van der Waals surface area contributed by atoms with Gasteiger partial charge in [0, 0.05) is 34.1 Å². The van der Waals surface area contributed by atoms with Crippen LogP contribution in [0.5, 0.6) is 0 Å². The van der Waals surface area contributed by atoms with E-state index in [0.29, 0.717) is 17.0 Å². The first-order chi connectivity index (χ1) is 14.5. The monoisotopic (exact) mass is 407 g/mol. The third-order valence-electron chi connectivity index (χ3n) is 4.65. The zero-order valence-electron chi connectivity index (χ0n) is 16.1. The molecule has 7 nitrogen and oxygen atoms in total. The predicted octanol–water partition coefficient (Wildman–Crippen LogP) is 4.02. The van der Waals surface area contributed by atoms with Crippen molar-refractivity contribution in [1.82, 2.24) is 15.1 Å². The Bertz CT molecular complexity index is 1210. The third kappa shape index (κ3) is 4.12. The zero-order valence-corrected chi connectivity index (χ0v) is 16.1. The van der Waals surface area contributed by atoms with E-state index in [0.717, 1.165) is 16.6 Å². The molecule has 0 spiro atoms. The summed E-state index contributed by atoms with van der Waals surface area (Å²) in [6.45, 7) is 1.47. The van der Waals surface area contributed by atoms with E-state index in [2.05, 4.69) is 15.1 Å². The number of aryl methyl sites for hydroxylation is 2. The van der Waals surface area contributed by atoms with Crippen molar-refractivity contribution < 1.29 is 23.2 Å². The number of nitrogens with one attached hydrogen (secondary N) is 1. The second kappa shape index (κ2) is 8.28. The Morgan fingerprint density at radius 2 is 1.90 bits per heavy atom. The van der Waals surface area contributed by atoms with Crippen LogP contribution in [0.1, 0.15) is 28.4 Å². The Labute approximate surface area is 170 Å². The second-order valence-corrected chi connectivity index (χ2v) is 6.77. The summed E-state index contributed by atoms with van der Waals surface area (Å²) >= 11 is 0. The minimum atomic E-state index is -0.539. The van der Waals surface area contributed by atoms with Crippen molar-refractivity contribution in [3.05, 3.63) is 71.5 Å². The Balaban J connectivity index is 1.31. The van der Waals surface area contributed by atoms with Gasteiger partial charge in [-0.05, 0) is 37.3 Å². The minimum absolute atomic E-state index is 0.00873. The third-order valence-corrected chi connectivity index (χ3v) is 4.65. The molecule has 0 atom stereocenters. The highest BCUT2D eigenvalue weighted by molar-refractivity contribution is 6.10. The van der Waals surface area contributed by atoms with E-state index < -0.39 is 5.97 Å². The standard InChI is InChI=1S/C22H18FN3O4/c1-13-21(16-4-2-3-5-17(16)24-13)18(27)12-29-20(28)11-10-19-25-22(26-30-19)14-6-8-15(23)9-7-14/h2-9,24H,10-12H2,1H3. The molecule has 0 amide bonds. The smallest absolute Gasteiger partial charge is 0.306 e. The minimum Gasteiger partial charge on any atom is -0.457 e. The average Bonchev–Trinajstić information content (AvgIpc) is 3.34. The normalized spacial score (nSPS) is 11.0. The zero-order chi connectivity index (χ0) is 21.1. The Morgan fingerprint density at radius 3 is 2.70 bits per heavy atom. The average molecular weight is 407 g/mol. The number of Topliss-reactive ketones (excluding diaryl/α,β-unsaturated/α-hetero) is 1. The van der Waals surface area contributed by atoms with Gasteiger partial charge in [0.2, 0.25) is 17.5 Å². The second-order valence-electron chi connectivity index (χ2n) is 6.77. The lowest BCUT2D eigenvalue weighted by molar-refractivity contribution is -0.142. The van der Waals surface area contributed by atoms with E-state index in [9.17, 15) is 14.0 Å². The van der Waals surface area contributed by atoms with Gasteiger partial charge < -0.3 is 14.2 Å². The SMILES string of the molecule is Cc1[nH]c2ccccc2c1C(=O)COC(=O)CCc1nc(-c2ccc(F)cc2)no1. The first-order valence-electron chi connectivity index (χ1n) is 9.36. The van der Waals surface area contributed by atoms with Crippen LogP contribution in [-0.2, 0) is 16.0 Å². The molecule has 2 aromatic heterocycles. The fourth-order valence-corrected chi connectivity index (χ4v) is 3.21. The van der Waals surface area contributed by atoms with Crippen LogP contribution in [-0.4, -0.2) is 33.5 Å². The van der Waals surface area contributed by atoms with Crippen molar-refractivity contribution in [2.24, 2.45) is 0 Å². The number of para-hydroxylation sites is 1. The Morgan fingerprint density at radius 1 is 1.13 bits per heavy atom. The summed E-state index contributed by atoms with van der Waals surface area (Å²) in [6, 6.07) is 13.1. The maximum absolute atomic E-state index is 13.0. The summed E-state index contributed by atoms with van der Waals surface area (Å²) in [5, 5.41) is 4.62. The molecule has 0 saturated heterocycles. The maximum atomic E-state index is 13.0. The number of ether oxygens (including phenoxy) is 1. The first kappa shape index (κ1) is 19.5. The number of hydrogen-bond acceptors (Lipinski definition) is 6. The van der Waals surface area contributed by atoms with Crippen LogP contribution >= 0.6 is 0 Å². The van der Waals surface area contributed by atoms with Gasteiger partial charge >= 0.3 is 5.97 Å². The van der Waals surface area contributed by atoms with Gasteiger partial charge in [0.15, 0.2) is 6.61 Å². The largest absolute Gasteiger partial charge is 0.457 e.